The average Bonchev–Trinajstić information content (AvgIpc) is 2.93. The van der Waals surface area contributed by atoms with Gasteiger partial charge in [0.05, 0.1) is 0 Å². The fourth-order valence-corrected chi connectivity index (χ4v) is 12.4. The van der Waals surface area contributed by atoms with Gasteiger partial charge in [0.1, 0.15) is 0 Å². The number of carbonyl (C=O) groups excluding carboxylic acids is 1. The maximum atomic E-state index is 13.8. The van der Waals surface area contributed by atoms with Gasteiger partial charge in [-0.2, -0.15) is 0 Å². The number of ether oxygens (including phenoxy) is 1. The van der Waals surface area contributed by atoms with Crippen LogP contribution in [0.15, 0.2) is 97.1 Å². The van der Waals surface area contributed by atoms with Crippen LogP contribution < -0.4 is 20.7 Å². The SMILES string of the molecule is COc1ccc(CP(OC(=O)CCC(=O)O)(c2ccccc2C)(c2ccccc2C)c2ccccc2C)cc1. The first-order valence-corrected chi connectivity index (χ1v) is 15.3. The monoisotopic (exact) mass is 542 g/mol. The van der Waals surface area contributed by atoms with Gasteiger partial charge >= 0.3 is 231 Å². The number of carbonyl (C=O) groups is 2. The summed E-state index contributed by atoms with van der Waals surface area (Å²) in [5.74, 6) is -0.830. The van der Waals surface area contributed by atoms with Crippen molar-refractivity contribution in [3.8, 4) is 5.75 Å². The van der Waals surface area contributed by atoms with Crippen LogP contribution in [-0.4, -0.2) is 24.2 Å². The molecule has 0 amide bonds. The van der Waals surface area contributed by atoms with Gasteiger partial charge in [-0.3, -0.25) is 0 Å². The van der Waals surface area contributed by atoms with E-state index >= 15 is 0 Å². The summed E-state index contributed by atoms with van der Waals surface area (Å²) >= 11 is 0. The van der Waals surface area contributed by atoms with Crippen LogP contribution in [-0.2, 0) is 20.3 Å². The number of benzene rings is 4. The van der Waals surface area contributed by atoms with Gasteiger partial charge in [-0.25, -0.2) is 0 Å². The summed E-state index contributed by atoms with van der Waals surface area (Å²) < 4.78 is 12.5. The Hall–Kier alpha value is -3.95. The molecule has 0 heterocycles. The Bertz CT molecular complexity index is 1380. The van der Waals surface area contributed by atoms with E-state index in [-0.39, 0.29) is 12.8 Å². The van der Waals surface area contributed by atoms with Crippen LogP contribution in [0.25, 0.3) is 0 Å². The van der Waals surface area contributed by atoms with Gasteiger partial charge in [-0.1, -0.05) is 0 Å². The Morgan fingerprint density at radius 3 is 1.49 bits per heavy atom. The zero-order valence-corrected chi connectivity index (χ0v) is 23.8. The van der Waals surface area contributed by atoms with Crippen LogP contribution in [0.5, 0.6) is 5.75 Å². The third kappa shape index (κ3) is 5.20. The van der Waals surface area contributed by atoms with Crippen LogP contribution in [0.4, 0.5) is 0 Å². The summed E-state index contributed by atoms with van der Waals surface area (Å²) in [6.07, 6.45) is -0.113. The average molecular weight is 543 g/mol. The van der Waals surface area contributed by atoms with Gasteiger partial charge in [0.15, 0.2) is 0 Å². The summed E-state index contributed by atoms with van der Waals surface area (Å²) in [6, 6.07) is 32.1. The first-order valence-electron chi connectivity index (χ1n) is 13.0. The van der Waals surface area contributed by atoms with Crippen molar-refractivity contribution in [2.24, 2.45) is 0 Å². The summed E-state index contributed by atoms with van der Waals surface area (Å²) in [6.45, 7) is 2.01. The van der Waals surface area contributed by atoms with Crippen molar-refractivity contribution >= 4 is 34.7 Å². The summed E-state index contributed by atoms with van der Waals surface area (Å²) in [5.41, 5.74) is 3.98. The Labute approximate surface area is 230 Å². The Balaban J connectivity index is 2.21. The molecule has 0 unspecified atom stereocenters. The second-order valence-corrected chi connectivity index (χ2v) is 14.3. The number of aliphatic carboxylic acids is 1. The number of hydrogen-bond acceptors (Lipinski definition) is 4. The minimum absolute atomic E-state index is 0.223. The number of carboxylic acid groups (broad SMARTS) is 1. The number of carboxylic acids is 1. The summed E-state index contributed by atoms with van der Waals surface area (Å²) in [7, 11) is 1.63. The summed E-state index contributed by atoms with van der Waals surface area (Å²) in [4.78, 5) is 25.3. The van der Waals surface area contributed by atoms with Crippen molar-refractivity contribution in [1.82, 2.24) is 0 Å². The molecule has 4 aromatic carbocycles. The fourth-order valence-electron chi connectivity index (χ4n) is 5.67. The molecule has 1 N–H and O–H groups in total. The first-order chi connectivity index (χ1) is 18.7. The number of hydrogen-bond donors (Lipinski definition) is 1. The molecule has 39 heavy (non-hydrogen) atoms. The van der Waals surface area contributed by atoms with Gasteiger partial charge in [0, 0.05) is 0 Å². The Morgan fingerprint density at radius 2 is 1.10 bits per heavy atom. The van der Waals surface area contributed by atoms with Crippen molar-refractivity contribution < 1.29 is 24.0 Å². The van der Waals surface area contributed by atoms with E-state index < -0.39 is 18.8 Å². The van der Waals surface area contributed by atoms with Crippen molar-refractivity contribution in [3.05, 3.63) is 119 Å². The Morgan fingerprint density at radius 1 is 0.667 bits per heavy atom. The van der Waals surface area contributed by atoms with E-state index in [0.29, 0.717) is 6.16 Å². The van der Waals surface area contributed by atoms with Crippen LogP contribution in [0.3, 0.4) is 0 Å². The van der Waals surface area contributed by atoms with Crippen LogP contribution in [0, 0.1) is 20.8 Å². The van der Waals surface area contributed by atoms with Crippen molar-refractivity contribution in [2.45, 2.75) is 39.8 Å². The second-order valence-electron chi connectivity index (χ2n) is 9.94. The zero-order valence-electron chi connectivity index (χ0n) is 22.9. The quantitative estimate of drug-likeness (QED) is 0.250. The third-order valence-corrected chi connectivity index (χ3v) is 13.5. The van der Waals surface area contributed by atoms with E-state index in [4.69, 9.17) is 9.26 Å². The van der Waals surface area contributed by atoms with E-state index in [1.54, 1.807) is 7.11 Å². The third-order valence-electron chi connectivity index (χ3n) is 7.36. The first kappa shape index (κ1) is 28.1. The zero-order chi connectivity index (χ0) is 28.1. The van der Waals surface area contributed by atoms with Gasteiger partial charge in [0.25, 0.3) is 0 Å². The number of aryl methyl sites for hydroxylation is 3. The molecule has 0 atom stereocenters. The van der Waals surface area contributed by atoms with Gasteiger partial charge in [0.2, 0.25) is 0 Å². The molecular weight excluding hydrogens is 507 g/mol. The maximum absolute atomic E-state index is 13.8. The molecule has 0 aromatic heterocycles. The van der Waals surface area contributed by atoms with Crippen molar-refractivity contribution in [3.63, 3.8) is 0 Å². The van der Waals surface area contributed by atoms with Gasteiger partial charge in [-0.15, -0.1) is 0 Å². The molecule has 5 nitrogen and oxygen atoms in total. The van der Waals surface area contributed by atoms with E-state index in [2.05, 4.69) is 18.2 Å². The number of rotatable bonds is 10. The fraction of sp³-hybridized carbons (Fsp3) is 0.212. The van der Waals surface area contributed by atoms with Gasteiger partial charge in [-0.05, 0) is 0 Å². The molecule has 0 bridgehead atoms. The molecule has 0 saturated heterocycles. The van der Waals surface area contributed by atoms with Crippen molar-refractivity contribution in [2.75, 3.05) is 7.11 Å². The summed E-state index contributed by atoms with van der Waals surface area (Å²) in [5, 5.41) is 12.2. The molecule has 0 spiro atoms. The van der Waals surface area contributed by atoms with E-state index in [0.717, 1.165) is 43.9 Å². The van der Waals surface area contributed by atoms with Gasteiger partial charge < -0.3 is 0 Å². The topological polar surface area (TPSA) is 72.8 Å². The molecule has 202 valence electrons. The molecule has 0 fully saturated rings. The molecule has 4 aromatic rings. The van der Waals surface area contributed by atoms with E-state index in [1.807, 2.05) is 99.6 Å². The Kier molecular flexibility index (Phi) is 8.22. The standard InChI is InChI=1S/C33H35O5P/c1-24-11-5-8-14-29(24)39(30-15-9-6-12-25(30)2,31-16-10-7-13-26(31)3,38-33(36)22-21-32(34)35)23-27-17-19-28(37-4)20-18-27/h5-20H,21-23H2,1-4H3,(H,34,35). The molecule has 0 aliphatic heterocycles. The predicted octanol–water partition coefficient (Wildman–Crippen LogP) is 5.97. The van der Waals surface area contributed by atoms with Crippen LogP contribution in [0.1, 0.15) is 35.1 Å². The predicted molar refractivity (Wildman–Crippen MR) is 159 cm³/mol. The molecule has 4 rings (SSSR count). The van der Waals surface area contributed by atoms with E-state index in [9.17, 15) is 14.7 Å². The minimum atomic E-state index is -4.13. The van der Waals surface area contributed by atoms with Crippen molar-refractivity contribution in [1.29, 1.82) is 0 Å². The van der Waals surface area contributed by atoms with Crippen LogP contribution in [0.2, 0.25) is 0 Å². The number of methoxy groups -OCH3 is 1. The molecule has 6 heteroatoms. The van der Waals surface area contributed by atoms with Crippen LogP contribution >= 0.6 is 6.83 Å². The van der Waals surface area contributed by atoms with E-state index in [1.165, 1.54) is 0 Å². The normalized spacial score (nSPS) is 12.3. The molecule has 0 radical (unpaired) electrons. The second kappa shape index (κ2) is 11.4. The molecule has 0 aliphatic carbocycles. The molecular formula is C33H35O5P. The molecule has 0 aliphatic rings. The molecule has 0 saturated carbocycles.